The number of likely N-dealkylation sites (tertiary alicyclic amines) is 1. The predicted molar refractivity (Wildman–Crippen MR) is 192 cm³/mol. The number of thiophene rings is 1. The number of nitrogens with two attached hydrogens (primary N) is 1. The number of fused-ring (bicyclic) bond motifs is 4. The number of anilines is 2. The van der Waals surface area contributed by atoms with Gasteiger partial charge in [-0.2, -0.15) is 46.7 Å². The minimum absolute atomic E-state index is 0.0154. The molecular formula is C37H31F8N9O2S. The lowest BCUT2D eigenvalue weighted by Crippen LogP contribution is -2.43. The standard InChI is InChI=1S/C37H31F8N9O2S/c38-18-13-35(5-1-8-53(35)15-18)17-56-34-48-29-21(32(49-34)52-9-10-54-19(16-52)11-25(50-54)33(55)51-6-2-7-51)12-23(36(40,41)42)27(28(29)37(43,44)45)20-3-4-24(39)30-26(20)22(14-46)31(47)57-30/h3-4,11-12,18H,1-2,5-10,13,15-17,47H2. The molecular weight excluding hydrogens is 787 g/mol. The van der Waals surface area contributed by atoms with E-state index in [-0.39, 0.29) is 61.6 Å². The van der Waals surface area contributed by atoms with Gasteiger partial charge in [-0.3, -0.25) is 14.4 Å². The Balaban J connectivity index is 1.27. The maximum absolute atomic E-state index is 15.7. The average molecular weight is 818 g/mol. The Bertz CT molecular complexity index is 2530. The molecule has 9 rings (SSSR count). The molecule has 3 saturated heterocycles. The first-order chi connectivity index (χ1) is 27.1. The number of hydrogen-bond acceptors (Lipinski definition) is 10. The number of halogens is 8. The number of rotatable bonds is 6. The fourth-order valence-corrected chi connectivity index (χ4v) is 9.65. The van der Waals surface area contributed by atoms with E-state index in [2.05, 4.69) is 15.1 Å². The second kappa shape index (κ2) is 13.1. The van der Waals surface area contributed by atoms with Crippen molar-refractivity contribution in [2.24, 2.45) is 0 Å². The van der Waals surface area contributed by atoms with Gasteiger partial charge in [-0.1, -0.05) is 6.07 Å². The number of amides is 1. The molecule has 5 aromatic rings. The van der Waals surface area contributed by atoms with Gasteiger partial charge in [-0.15, -0.1) is 11.3 Å². The number of nitrogen functional groups attached to an aromatic ring is 1. The summed E-state index contributed by atoms with van der Waals surface area (Å²) in [6.07, 6.45) is -9.87. The van der Waals surface area contributed by atoms with Crippen molar-refractivity contribution in [3.05, 3.63) is 58.2 Å². The van der Waals surface area contributed by atoms with Crippen molar-refractivity contribution < 1.29 is 44.7 Å². The number of nitrogens with zero attached hydrogens (tertiary/aromatic N) is 8. The summed E-state index contributed by atoms with van der Waals surface area (Å²) in [6, 6.07) is 4.69. The van der Waals surface area contributed by atoms with Crippen LogP contribution < -0.4 is 15.4 Å². The van der Waals surface area contributed by atoms with E-state index in [1.54, 1.807) is 15.7 Å². The van der Waals surface area contributed by atoms with Gasteiger partial charge in [0.2, 0.25) is 0 Å². The number of alkyl halides is 7. The third kappa shape index (κ3) is 6.08. The SMILES string of the molecule is N#Cc1c(N)sc2c(F)ccc(-c3c(C(F)(F)F)cc4c(N5CCn6nc(C(=O)N7CCC7)cc6C5)nc(OCC56CCCN5CC(F)C6)nc4c3C(F)(F)F)c12. The van der Waals surface area contributed by atoms with Crippen LogP contribution >= 0.6 is 11.3 Å². The lowest BCUT2D eigenvalue weighted by atomic mass is 9.88. The maximum atomic E-state index is 15.7. The molecule has 0 bridgehead atoms. The highest BCUT2D eigenvalue weighted by molar-refractivity contribution is 7.23. The molecule has 3 aromatic heterocycles. The highest BCUT2D eigenvalue weighted by atomic mass is 32.1. The highest BCUT2D eigenvalue weighted by Crippen LogP contribution is 2.52. The molecule has 1 amide bonds. The first kappa shape index (κ1) is 37.3. The van der Waals surface area contributed by atoms with E-state index >= 15 is 30.7 Å². The fraction of sp³-hybridized carbons (Fsp3) is 0.432. The molecule has 7 heterocycles. The summed E-state index contributed by atoms with van der Waals surface area (Å²) in [6.45, 7) is 1.71. The molecule has 4 aliphatic heterocycles. The molecule has 0 saturated carbocycles. The van der Waals surface area contributed by atoms with Gasteiger partial charge in [-0.05, 0) is 49.6 Å². The van der Waals surface area contributed by atoms with E-state index in [1.807, 2.05) is 4.90 Å². The van der Waals surface area contributed by atoms with E-state index < -0.39 is 84.7 Å². The van der Waals surface area contributed by atoms with Crippen LogP contribution in [0.3, 0.4) is 0 Å². The Morgan fingerprint density at radius 3 is 2.54 bits per heavy atom. The van der Waals surface area contributed by atoms with Crippen molar-refractivity contribution >= 4 is 49.1 Å². The number of nitriles is 1. The quantitative estimate of drug-likeness (QED) is 0.178. The molecule has 2 aromatic carbocycles. The van der Waals surface area contributed by atoms with Gasteiger partial charge in [0, 0.05) is 48.9 Å². The van der Waals surface area contributed by atoms with Gasteiger partial charge in [0.1, 0.15) is 35.5 Å². The normalized spacial score (nSPS) is 21.2. The lowest BCUT2D eigenvalue weighted by molar-refractivity contribution is -0.141. The van der Waals surface area contributed by atoms with Gasteiger partial charge >= 0.3 is 18.4 Å². The van der Waals surface area contributed by atoms with Gasteiger partial charge in [-0.25, -0.2) is 8.78 Å². The van der Waals surface area contributed by atoms with Crippen LogP contribution in [0, 0.1) is 17.1 Å². The monoisotopic (exact) mass is 817 g/mol. The van der Waals surface area contributed by atoms with Crippen molar-refractivity contribution in [1.82, 2.24) is 29.5 Å². The summed E-state index contributed by atoms with van der Waals surface area (Å²) in [7, 11) is 0. The summed E-state index contributed by atoms with van der Waals surface area (Å²) < 4.78 is 130. The average Bonchev–Trinajstić information content (AvgIpc) is 3.88. The molecule has 2 unspecified atom stereocenters. The first-order valence-electron chi connectivity index (χ1n) is 18.1. The molecule has 0 radical (unpaired) electrons. The number of benzene rings is 2. The first-order valence-corrected chi connectivity index (χ1v) is 18.9. The van der Waals surface area contributed by atoms with E-state index in [4.69, 9.17) is 10.5 Å². The van der Waals surface area contributed by atoms with E-state index in [0.29, 0.717) is 49.2 Å². The van der Waals surface area contributed by atoms with Crippen LogP contribution in [-0.2, 0) is 25.4 Å². The number of ether oxygens (including phenoxy) is 1. The Labute approximate surface area is 322 Å². The molecule has 298 valence electrons. The lowest BCUT2D eigenvalue weighted by Gasteiger charge is -2.32. The van der Waals surface area contributed by atoms with Crippen molar-refractivity contribution in [3.63, 3.8) is 0 Å². The molecule has 2 N–H and O–H groups in total. The fourth-order valence-electron chi connectivity index (χ4n) is 8.70. The highest BCUT2D eigenvalue weighted by Gasteiger charge is 2.50. The van der Waals surface area contributed by atoms with Crippen LogP contribution in [0.15, 0.2) is 24.3 Å². The van der Waals surface area contributed by atoms with Gasteiger partial charge in [0.25, 0.3) is 5.91 Å². The topological polar surface area (TPSA) is 129 Å². The summed E-state index contributed by atoms with van der Waals surface area (Å²) in [4.78, 5) is 26.6. The van der Waals surface area contributed by atoms with Crippen LogP contribution in [0.5, 0.6) is 6.01 Å². The molecule has 11 nitrogen and oxygen atoms in total. The van der Waals surface area contributed by atoms with Crippen molar-refractivity contribution in [2.45, 2.75) is 62.8 Å². The van der Waals surface area contributed by atoms with Gasteiger partial charge in [0.05, 0.1) is 51.2 Å². The zero-order valence-electron chi connectivity index (χ0n) is 29.8. The summed E-state index contributed by atoms with van der Waals surface area (Å²) in [5.74, 6) is -1.59. The Hall–Kier alpha value is -5.29. The van der Waals surface area contributed by atoms with Crippen molar-refractivity contribution in [2.75, 3.05) is 50.0 Å². The van der Waals surface area contributed by atoms with Crippen LogP contribution in [0.4, 0.5) is 45.9 Å². The number of carbonyl (C=O) groups excluding carboxylic acids is 1. The van der Waals surface area contributed by atoms with Crippen LogP contribution in [0.2, 0.25) is 0 Å². The smallest absolute Gasteiger partial charge is 0.419 e. The Morgan fingerprint density at radius 2 is 1.84 bits per heavy atom. The summed E-state index contributed by atoms with van der Waals surface area (Å²) in [5, 5.41) is 12.9. The molecule has 0 spiro atoms. The third-order valence-electron chi connectivity index (χ3n) is 11.4. The maximum Gasteiger partial charge on any atom is 0.419 e. The summed E-state index contributed by atoms with van der Waals surface area (Å²) >= 11 is 0.526. The summed E-state index contributed by atoms with van der Waals surface area (Å²) in [5.41, 5.74) is -1.26. The third-order valence-corrected chi connectivity index (χ3v) is 12.5. The molecule has 3 fully saturated rings. The number of hydrogen-bond donors (Lipinski definition) is 1. The van der Waals surface area contributed by atoms with Gasteiger partial charge < -0.3 is 20.3 Å². The Morgan fingerprint density at radius 1 is 1.05 bits per heavy atom. The zero-order valence-corrected chi connectivity index (χ0v) is 30.6. The zero-order chi connectivity index (χ0) is 40.2. The minimum atomic E-state index is -5.52. The number of aromatic nitrogens is 4. The van der Waals surface area contributed by atoms with E-state index in [1.165, 1.54) is 11.0 Å². The molecule has 2 atom stereocenters. The largest absolute Gasteiger partial charge is 0.461 e. The van der Waals surface area contributed by atoms with Crippen LogP contribution in [0.25, 0.3) is 32.1 Å². The van der Waals surface area contributed by atoms with Crippen molar-refractivity contribution in [3.8, 4) is 23.2 Å². The molecule has 4 aliphatic rings. The van der Waals surface area contributed by atoms with Crippen LogP contribution in [-0.4, -0.2) is 86.5 Å². The number of carbonyl (C=O) groups is 1. The Kier molecular flexibility index (Phi) is 8.59. The van der Waals surface area contributed by atoms with Crippen molar-refractivity contribution in [1.29, 1.82) is 5.26 Å². The molecule has 0 aliphatic carbocycles. The molecule has 20 heteroatoms. The second-order valence-corrected chi connectivity index (χ2v) is 15.9. The minimum Gasteiger partial charge on any atom is -0.461 e. The van der Waals surface area contributed by atoms with Crippen LogP contribution in [0.1, 0.15) is 58.6 Å². The predicted octanol–water partition coefficient (Wildman–Crippen LogP) is 7.16. The second-order valence-electron chi connectivity index (χ2n) is 14.8. The van der Waals surface area contributed by atoms with Gasteiger partial charge in [0.15, 0.2) is 5.69 Å². The van der Waals surface area contributed by atoms with E-state index in [9.17, 15) is 14.4 Å². The van der Waals surface area contributed by atoms with E-state index in [0.717, 1.165) is 25.0 Å². The molecule has 57 heavy (non-hydrogen) atoms.